The summed E-state index contributed by atoms with van der Waals surface area (Å²) in [6.45, 7) is 6.25. The Bertz CT molecular complexity index is 1720. The molecule has 0 amide bonds. The molecule has 2 atom stereocenters. The van der Waals surface area contributed by atoms with Crippen molar-refractivity contribution in [3.63, 3.8) is 0 Å². The maximum Gasteiger partial charge on any atom is 0.174 e. The molecule has 1 saturated heterocycles. The molecule has 3 aromatic carbocycles. The Morgan fingerprint density at radius 2 is 1.56 bits per heavy atom. The van der Waals surface area contributed by atoms with E-state index in [1.165, 1.54) is 5.56 Å². The molecule has 0 bridgehead atoms. The first-order chi connectivity index (χ1) is 19.8. The van der Waals surface area contributed by atoms with Crippen molar-refractivity contribution < 1.29 is 4.74 Å². The van der Waals surface area contributed by atoms with Crippen molar-refractivity contribution in [2.75, 3.05) is 4.90 Å². The number of hydrogen-bond acceptors (Lipinski definition) is 3. The number of thiocarbonyl (C=S) groups is 1. The van der Waals surface area contributed by atoms with E-state index in [2.05, 4.69) is 41.6 Å². The highest BCUT2D eigenvalue weighted by molar-refractivity contribution is 7.80. The fourth-order valence-corrected chi connectivity index (χ4v) is 6.33. The SMILES string of the molecule is Cc1ccc(Oc2ccc(N3C(=S)N[C@@H](c4ccccn4)[C@H]3c3cc(C)n(-c4ccc(Cl)cc4Cl)c3C)cc2)cc1. The van der Waals surface area contributed by atoms with Crippen LogP contribution in [0, 0.1) is 20.8 Å². The molecule has 0 spiro atoms. The lowest BCUT2D eigenvalue weighted by molar-refractivity contribution is 0.482. The van der Waals surface area contributed by atoms with Crippen molar-refractivity contribution in [3.8, 4) is 17.2 Å². The summed E-state index contributed by atoms with van der Waals surface area (Å²) in [7, 11) is 0. The lowest BCUT2D eigenvalue weighted by Crippen LogP contribution is -2.29. The highest BCUT2D eigenvalue weighted by atomic mass is 35.5. The minimum atomic E-state index is -0.165. The molecule has 1 N–H and O–H groups in total. The van der Waals surface area contributed by atoms with Gasteiger partial charge in [0.15, 0.2) is 5.11 Å². The number of rotatable bonds is 6. The van der Waals surface area contributed by atoms with Crippen LogP contribution < -0.4 is 15.0 Å². The zero-order valence-electron chi connectivity index (χ0n) is 22.8. The zero-order valence-corrected chi connectivity index (χ0v) is 25.1. The van der Waals surface area contributed by atoms with Gasteiger partial charge in [0.2, 0.25) is 0 Å². The van der Waals surface area contributed by atoms with Crippen LogP contribution in [0.15, 0.2) is 97.2 Å². The molecule has 0 aliphatic carbocycles. The van der Waals surface area contributed by atoms with E-state index in [9.17, 15) is 0 Å². The molecular formula is C33H28Cl2N4OS. The molecule has 3 heterocycles. The smallest absolute Gasteiger partial charge is 0.174 e. The average Bonchev–Trinajstić information content (AvgIpc) is 3.46. The number of aromatic nitrogens is 2. The van der Waals surface area contributed by atoms with E-state index in [1.54, 1.807) is 6.07 Å². The summed E-state index contributed by atoms with van der Waals surface area (Å²) in [5.41, 5.74) is 7.18. The Labute approximate surface area is 255 Å². The topological polar surface area (TPSA) is 42.3 Å². The minimum Gasteiger partial charge on any atom is -0.457 e. The molecule has 5 nitrogen and oxygen atoms in total. The van der Waals surface area contributed by atoms with Gasteiger partial charge in [0, 0.05) is 28.3 Å². The van der Waals surface area contributed by atoms with E-state index in [0.717, 1.165) is 45.5 Å². The quantitative estimate of drug-likeness (QED) is 0.197. The van der Waals surface area contributed by atoms with Crippen LogP contribution in [0.25, 0.3) is 5.69 Å². The van der Waals surface area contributed by atoms with Gasteiger partial charge in [-0.25, -0.2) is 0 Å². The van der Waals surface area contributed by atoms with Gasteiger partial charge in [-0.3, -0.25) is 4.98 Å². The average molecular weight is 600 g/mol. The van der Waals surface area contributed by atoms with Crippen LogP contribution in [0.2, 0.25) is 10.0 Å². The molecule has 8 heteroatoms. The van der Waals surface area contributed by atoms with Gasteiger partial charge in [0.1, 0.15) is 11.5 Å². The zero-order chi connectivity index (χ0) is 28.7. The summed E-state index contributed by atoms with van der Waals surface area (Å²) in [6, 6.07) is 29.5. The van der Waals surface area contributed by atoms with Gasteiger partial charge in [0.25, 0.3) is 0 Å². The number of nitrogens with one attached hydrogen (secondary N) is 1. The predicted octanol–water partition coefficient (Wildman–Crippen LogP) is 9.07. The second-order valence-electron chi connectivity index (χ2n) is 10.2. The molecule has 0 radical (unpaired) electrons. The third kappa shape index (κ3) is 5.31. The number of pyridine rings is 1. The van der Waals surface area contributed by atoms with Crippen LogP contribution in [0.1, 0.15) is 40.3 Å². The fraction of sp³-hybridized carbons (Fsp3) is 0.152. The Morgan fingerprint density at radius 1 is 0.854 bits per heavy atom. The van der Waals surface area contributed by atoms with Crippen LogP contribution in [0.4, 0.5) is 5.69 Å². The first kappa shape index (κ1) is 27.3. The third-order valence-corrected chi connectivity index (χ3v) is 8.26. The fourth-order valence-electron chi connectivity index (χ4n) is 5.49. The normalized spacial score (nSPS) is 16.6. The number of aryl methyl sites for hydroxylation is 2. The number of hydrogen-bond donors (Lipinski definition) is 1. The number of halogens is 2. The van der Waals surface area contributed by atoms with Crippen molar-refractivity contribution in [2.24, 2.45) is 0 Å². The monoisotopic (exact) mass is 598 g/mol. The van der Waals surface area contributed by atoms with Gasteiger partial charge in [-0.1, -0.05) is 47.0 Å². The highest BCUT2D eigenvalue weighted by Gasteiger charge is 2.42. The number of nitrogens with zero attached hydrogens (tertiary/aromatic N) is 3. The van der Waals surface area contributed by atoms with Crippen molar-refractivity contribution in [3.05, 3.63) is 135 Å². The van der Waals surface area contributed by atoms with E-state index < -0.39 is 0 Å². The van der Waals surface area contributed by atoms with Gasteiger partial charge < -0.3 is 19.5 Å². The second-order valence-corrected chi connectivity index (χ2v) is 11.4. The molecular weight excluding hydrogens is 571 g/mol. The van der Waals surface area contributed by atoms with E-state index in [1.807, 2.05) is 85.1 Å². The Hall–Kier alpha value is -3.84. The van der Waals surface area contributed by atoms with Crippen LogP contribution >= 0.6 is 35.4 Å². The van der Waals surface area contributed by atoms with Crippen molar-refractivity contribution in [1.82, 2.24) is 14.9 Å². The predicted molar refractivity (Wildman–Crippen MR) is 171 cm³/mol. The summed E-state index contributed by atoms with van der Waals surface area (Å²) >= 11 is 18.8. The molecule has 0 saturated carbocycles. The molecule has 0 unspecified atom stereocenters. The summed E-state index contributed by atoms with van der Waals surface area (Å²) in [5, 5.41) is 5.38. The molecule has 41 heavy (non-hydrogen) atoms. The Balaban J connectivity index is 1.41. The molecule has 1 aliphatic rings. The van der Waals surface area contributed by atoms with Gasteiger partial charge in [-0.05, 0) is 111 Å². The second kappa shape index (κ2) is 11.2. The largest absolute Gasteiger partial charge is 0.457 e. The number of anilines is 1. The Morgan fingerprint density at radius 3 is 2.22 bits per heavy atom. The van der Waals surface area contributed by atoms with E-state index in [0.29, 0.717) is 15.2 Å². The molecule has 5 aromatic rings. The Kier molecular flexibility index (Phi) is 7.47. The van der Waals surface area contributed by atoms with Gasteiger partial charge in [-0.2, -0.15) is 0 Å². The van der Waals surface area contributed by atoms with Crippen LogP contribution in [0.3, 0.4) is 0 Å². The molecule has 206 valence electrons. The molecule has 6 rings (SSSR count). The summed E-state index contributed by atoms with van der Waals surface area (Å²) in [5.74, 6) is 1.55. The summed E-state index contributed by atoms with van der Waals surface area (Å²) in [6.07, 6.45) is 1.81. The van der Waals surface area contributed by atoms with Gasteiger partial charge in [0.05, 0.1) is 28.5 Å². The third-order valence-electron chi connectivity index (χ3n) is 7.41. The first-order valence-corrected chi connectivity index (χ1v) is 14.5. The van der Waals surface area contributed by atoms with Crippen LogP contribution in [-0.2, 0) is 0 Å². The first-order valence-electron chi connectivity index (χ1n) is 13.3. The molecule has 1 aliphatic heterocycles. The lowest BCUT2D eigenvalue weighted by atomic mass is 9.96. The maximum absolute atomic E-state index is 6.66. The van der Waals surface area contributed by atoms with E-state index in [-0.39, 0.29) is 12.1 Å². The lowest BCUT2D eigenvalue weighted by Gasteiger charge is -2.28. The molecule has 2 aromatic heterocycles. The number of benzene rings is 3. The van der Waals surface area contributed by atoms with Crippen molar-refractivity contribution in [2.45, 2.75) is 32.9 Å². The van der Waals surface area contributed by atoms with E-state index >= 15 is 0 Å². The number of ether oxygens (including phenoxy) is 1. The highest BCUT2D eigenvalue weighted by Crippen LogP contribution is 2.44. The standard InChI is InChI=1S/C33H28Cl2N4OS/c1-20-7-12-25(13-8-20)40-26-14-10-24(11-15-26)39-32(31(37-33(39)41)29-6-4-5-17-36-29)27-18-21(2)38(22(27)3)30-16-9-23(34)19-28(30)35/h4-19,31-32H,1-3H3,(H,37,41)/t31-,32+/m0/s1. The van der Waals surface area contributed by atoms with Crippen LogP contribution in [-0.4, -0.2) is 14.7 Å². The summed E-state index contributed by atoms with van der Waals surface area (Å²) < 4.78 is 8.25. The van der Waals surface area contributed by atoms with Gasteiger partial charge in [-0.15, -0.1) is 0 Å². The summed E-state index contributed by atoms with van der Waals surface area (Å²) in [4.78, 5) is 6.86. The minimum absolute atomic E-state index is 0.160. The molecule has 1 fully saturated rings. The van der Waals surface area contributed by atoms with E-state index in [4.69, 9.17) is 45.1 Å². The van der Waals surface area contributed by atoms with Gasteiger partial charge >= 0.3 is 0 Å². The van der Waals surface area contributed by atoms with Crippen molar-refractivity contribution >= 4 is 46.2 Å². The van der Waals surface area contributed by atoms with Crippen molar-refractivity contribution in [1.29, 1.82) is 0 Å². The van der Waals surface area contributed by atoms with Crippen LogP contribution in [0.5, 0.6) is 11.5 Å². The maximum atomic E-state index is 6.66.